The molecule has 1 aromatic heterocycles. The molecule has 0 bridgehead atoms. The number of ketones is 1. The molecule has 0 saturated carbocycles. The van der Waals surface area contributed by atoms with Crippen molar-refractivity contribution in [2.45, 2.75) is 0 Å². The van der Waals surface area contributed by atoms with E-state index in [0.717, 1.165) is 0 Å². The Kier molecular flexibility index (Phi) is 6.18. The van der Waals surface area contributed by atoms with Crippen LogP contribution < -0.4 is 4.74 Å². The van der Waals surface area contributed by atoms with Crippen LogP contribution in [0.2, 0.25) is 5.02 Å². The molecule has 0 unspecified atom stereocenters. The van der Waals surface area contributed by atoms with Gasteiger partial charge in [0.15, 0.2) is 0 Å². The van der Waals surface area contributed by atoms with Crippen molar-refractivity contribution in [1.29, 1.82) is 0 Å². The second-order valence-corrected chi connectivity index (χ2v) is 7.54. The van der Waals surface area contributed by atoms with E-state index in [4.69, 9.17) is 16.3 Å². The van der Waals surface area contributed by atoms with E-state index < -0.39 is 11.7 Å². The van der Waals surface area contributed by atoms with E-state index in [1.807, 2.05) is 6.07 Å². The van der Waals surface area contributed by atoms with Crippen molar-refractivity contribution in [2.24, 2.45) is 0 Å². The van der Waals surface area contributed by atoms with Gasteiger partial charge in [-0.1, -0.05) is 35.0 Å². The molecular weight excluding hydrogens is 434 g/mol. The third-order valence-corrected chi connectivity index (χ3v) is 5.55. The lowest BCUT2D eigenvalue weighted by molar-refractivity contribution is -0.127. The third-order valence-electron chi connectivity index (χ3n) is 5.25. The first-order chi connectivity index (χ1) is 15.5. The average Bonchev–Trinajstić information content (AvgIpc) is 3.38. The van der Waals surface area contributed by atoms with Crippen molar-refractivity contribution < 1.29 is 19.1 Å². The summed E-state index contributed by atoms with van der Waals surface area (Å²) in [4.78, 5) is 41.6. The smallest absolute Gasteiger partial charge is 0.295 e. The molecule has 9 nitrogen and oxygen atoms in total. The number of methoxy groups -OCH3 is 1. The first-order valence-electron chi connectivity index (χ1n) is 9.91. The minimum atomic E-state index is -0.725. The molecule has 0 aliphatic carbocycles. The Morgan fingerprint density at radius 2 is 1.69 bits per heavy atom. The molecule has 0 radical (unpaired) electrons. The highest BCUT2D eigenvalue weighted by molar-refractivity contribution is 6.44. The number of carbonyl (C=O) groups excluding carboxylic acids is 3. The zero-order valence-electron chi connectivity index (χ0n) is 17.3. The van der Waals surface area contributed by atoms with Crippen LogP contribution in [0, 0.1) is 0 Å². The Morgan fingerprint density at radius 3 is 2.31 bits per heavy atom. The number of halogens is 1. The van der Waals surface area contributed by atoms with Crippen LogP contribution in [0.5, 0.6) is 5.75 Å². The number of hydrogen-bond donors (Lipinski definition) is 0. The largest absolute Gasteiger partial charge is 0.496 e. The lowest BCUT2D eigenvalue weighted by Gasteiger charge is -2.34. The number of piperazine rings is 1. The molecule has 2 heterocycles. The maximum Gasteiger partial charge on any atom is 0.295 e. The number of carbonyl (C=O) groups is 3. The summed E-state index contributed by atoms with van der Waals surface area (Å²) in [5.41, 5.74) is 1.13. The second kappa shape index (κ2) is 9.19. The van der Waals surface area contributed by atoms with E-state index in [1.165, 1.54) is 35.0 Å². The highest BCUT2D eigenvalue weighted by Gasteiger charge is 2.31. The van der Waals surface area contributed by atoms with Crippen LogP contribution >= 0.6 is 11.6 Å². The molecule has 164 valence electrons. The average molecular weight is 454 g/mol. The van der Waals surface area contributed by atoms with Gasteiger partial charge in [0.2, 0.25) is 0 Å². The summed E-state index contributed by atoms with van der Waals surface area (Å²) in [5.74, 6) is -1.28. The Bertz CT molecular complexity index is 1140. The van der Waals surface area contributed by atoms with Gasteiger partial charge in [-0.15, -0.1) is 5.10 Å². The maximum absolute atomic E-state index is 13.0. The fourth-order valence-electron chi connectivity index (χ4n) is 3.54. The molecule has 0 spiro atoms. The molecule has 2 amide bonds. The molecule has 1 aliphatic rings. The second-order valence-electron chi connectivity index (χ2n) is 7.13. The van der Waals surface area contributed by atoms with Crippen LogP contribution in [0.25, 0.3) is 5.69 Å². The number of nitrogens with zero attached hydrogens (tertiary/aromatic N) is 5. The van der Waals surface area contributed by atoms with Gasteiger partial charge in [0.1, 0.15) is 5.75 Å². The van der Waals surface area contributed by atoms with Gasteiger partial charge in [-0.3, -0.25) is 14.4 Å². The first kappa shape index (κ1) is 21.5. The minimum Gasteiger partial charge on any atom is -0.496 e. The highest BCUT2D eigenvalue weighted by Crippen LogP contribution is 2.30. The van der Waals surface area contributed by atoms with Crippen molar-refractivity contribution in [1.82, 2.24) is 24.8 Å². The highest BCUT2D eigenvalue weighted by atomic mass is 35.5. The van der Waals surface area contributed by atoms with Crippen LogP contribution in [-0.2, 0) is 4.79 Å². The van der Waals surface area contributed by atoms with E-state index in [2.05, 4.69) is 10.3 Å². The molecule has 2 aromatic carbocycles. The van der Waals surface area contributed by atoms with Gasteiger partial charge in [0, 0.05) is 37.8 Å². The molecule has 1 aliphatic heterocycles. The van der Waals surface area contributed by atoms with Crippen LogP contribution in [0.1, 0.15) is 20.7 Å². The van der Waals surface area contributed by atoms with E-state index in [0.29, 0.717) is 24.3 Å². The van der Waals surface area contributed by atoms with Gasteiger partial charge in [-0.05, 0) is 18.2 Å². The third kappa shape index (κ3) is 4.19. The molecule has 1 fully saturated rings. The van der Waals surface area contributed by atoms with Gasteiger partial charge in [0.25, 0.3) is 17.6 Å². The quantitative estimate of drug-likeness (QED) is 0.433. The molecule has 10 heteroatoms. The fourth-order valence-corrected chi connectivity index (χ4v) is 3.79. The minimum absolute atomic E-state index is 0.0640. The number of aromatic nitrogens is 3. The number of ether oxygens (including phenoxy) is 1. The number of amides is 2. The first-order valence-corrected chi connectivity index (χ1v) is 10.3. The van der Waals surface area contributed by atoms with E-state index >= 15 is 0 Å². The van der Waals surface area contributed by atoms with Gasteiger partial charge >= 0.3 is 0 Å². The molecule has 1 saturated heterocycles. The van der Waals surface area contributed by atoms with Crippen molar-refractivity contribution in [3.05, 3.63) is 71.0 Å². The van der Waals surface area contributed by atoms with Crippen molar-refractivity contribution in [3.8, 4) is 11.4 Å². The van der Waals surface area contributed by atoms with Crippen LogP contribution in [0.15, 0.2) is 54.9 Å². The summed E-state index contributed by atoms with van der Waals surface area (Å²) >= 11 is 6.33. The van der Waals surface area contributed by atoms with Gasteiger partial charge < -0.3 is 14.5 Å². The lowest BCUT2D eigenvalue weighted by atomic mass is 10.1. The monoisotopic (exact) mass is 453 g/mol. The van der Waals surface area contributed by atoms with Crippen molar-refractivity contribution in [3.63, 3.8) is 0 Å². The molecule has 3 aromatic rings. The van der Waals surface area contributed by atoms with Crippen molar-refractivity contribution >= 4 is 29.2 Å². The summed E-state index contributed by atoms with van der Waals surface area (Å²) in [6.07, 6.45) is 3.09. The Hall–Kier alpha value is -3.72. The summed E-state index contributed by atoms with van der Waals surface area (Å²) in [6, 6.07) is 11.9. The standard InChI is InChI=1S/C22H20ClN5O4/c1-32-19-14-18(28-8-7-24-25-28)17(23)13-16(19)20(29)22(31)27-11-9-26(10-12-27)21(30)15-5-3-2-4-6-15/h2-8,13-14H,9-12H2,1H3. The lowest BCUT2D eigenvalue weighted by Crippen LogP contribution is -2.52. The van der Waals surface area contributed by atoms with Crippen LogP contribution in [-0.4, -0.2) is 75.7 Å². The Labute approximate surface area is 189 Å². The predicted octanol–water partition coefficient (Wildman–Crippen LogP) is 2.10. The number of rotatable bonds is 5. The number of hydrogen-bond acceptors (Lipinski definition) is 6. The van der Waals surface area contributed by atoms with E-state index in [9.17, 15) is 14.4 Å². The topological polar surface area (TPSA) is 97.6 Å². The van der Waals surface area contributed by atoms with E-state index in [-0.39, 0.29) is 35.3 Å². The maximum atomic E-state index is 13.0. The zero-order valence-corrected chi connectivity index (χ0v) is 18.0. The fraction of sp³-hybridized carbons (Fsp3) is 0.227. The number of Topliss-reactive ketones (excluding diaryl/α,β-unsaturated/α-hetero) is 1. The Balaban J connectivity index is 1.47. The molecule has 4 rings (SSSR count). The summed E-state index contributed by atoms with van der Waals surface area (Å²) in [7, 11) is 1.41. The molecular formula is C22H20ClN5O4. The molecule has 32 heavy (non-hydrogen) atoms. The van der Waals surface area contributed by atoms with Crippen molar-refractivity contribution in [2.75, 3.05) is 33.3 Å². The number of benzene rings is 2. The predicted molar refractivity (Wildman–Crippen MR) is 116 cm³/mol. The zero-order chi connectivity index (χ0) is 22.7. The van der Waals surface area contributed by atoms with Crippen LogP contribution in [0.3, 0.4) is 0 Å². The van der Waals surface area contributed by atoms with Gasteiger partial charge in [0.05, 0.1) is 35.8 Å². The molecule has 0 atom stereocenters. The van der Waals surface area contributed by atoms with Crippen LogP contribution in [0.4, 0.5) is 0 Å². The van der Waals surface area contributed by atoms with E-state index in [1.54, 1.807) is 35.4 Å². The normalized spacial score (nSPS) is 13.7. The Morgan fingerprint density at radius 1 is 1.00 bits per heavy atom. The molecule has 0 N–H and O–H groups in total. The summed E-state index contributed by atoms with van der Waals surface area (Å²) in [6.45, 7) is 1.21. The SMILES string of the molecule is COc1cc(-n2ccnn2)c(Cl)cc1C(=O)C(=O)N1CCN(C(=O)c2ccccc2)CC1. The summed E-state index contributed by atoms with van der Waals surface area (Å²) in [5, 5.41) is 7.85. The summed E-state index contributed by atoms with van der Waals surface area (Å²) < 4.78 is 6.77. The van der Waals surface area contributed by atoms with Gasteiger partial charge in [-0.2, -0.15) is 0 Å². The van der Waals surface area contributed by atoms with Gasteiger partial charge in [-0.25, -0.2) is 4.68 Å².